The van der Waals surface area contributed by atoms with Gasteiger partial charge in [0.15, 0.2) is 0 Å². The molecule has 3 aromatic rings. The molecule has 28 heavy (non-hydrogen) atoms. The molecule has 3 rings (SSSR count). The molecule has 1 heterocycles. The summed E-state index contributed by atoms with van der Waals surface area (Å²) in [6.45, 7) is 3.65. The Morgan fingerprint density at radius 2 is 1.82 bits per heavy atom. The summed E-state index contributed by atoms with van der Waals surface area (Å²) in [6, 6.07) is 17.3. The third kappa shape index (κ3) is 4.98. The Balaban J connectivity index is 1.61. The highest BCUT2D eigenvalue weighted by atomic mass is 16.5. The van der Waals surface area contributed by atoms with Crippen LogP contribution in [-0.2, 0) is 6.54 Å². The molecule has 0 aliphatic rings. The number of hydrogen-bond acceptors (Lipinski definition) is 5. The van der Waals surface area contributed by atoms with Crippen molar-refractivity contribution in [2.24, 2.45) is 0 Å². The van der Waals surface area contributed by atoms with E-state index in [1.165, 1.54) is 0 Å². The molecule has 146 valence electrons. The summed E-state index contributed by atoms with van der Waals surface area (Å²) in [6.07, 6.45) is 0. The van der Waals surface area contributed by atoms with Gasteiger partial charge in [-0.25, -0.2) is 0 Å². The monoisotopic (exact) mass is 379 g/mol. The minimum Gasteiger partial charge on any atom is -0.492 e. The van der Waals surface area contributed by atoms with Crippen LogP contribution >= 0.6 is 0 Å². The fourth-order valence-corrected chi connectivity index (χ4v) is 2.75. The zero-order valence-corrected chi connectivity index (χ0v) is 16.4. The minimum absolute atomic E-state index is 0.205. The van der Waals surface area contributed by atoms with Crippen molar-refractivity contribution in [3.05, 3.63) is 71.5 Å². The molecule has 6 nitrogen and oxygen atoms in total. The van der Waals surface area contributed by atoms with Gasteiger partial charge in [-0.3, -0.25) is 4.79 Å². The van der Waals surface area contributed by atoms with Crippen LogP contribution in [0.15, 0.2) is 59.1 Å². The van der Waals surface area contributed by atoms with E-state index in [0.29, 0.717) is 30.2 Å². The van der Waals surface area contributed by atoms with Crippen molar-refractivity contribution in [1.82, 2.24) is 15.4 Å². The summed E-state index contributed by atoms with van der Waals surface area (Å²) in [5.41, 5.74) is 2.86. The highest BCUT2D eigenvalue weighted by molar-refractivity contribution is 6.00. The Morgan fingerprint density at radius 3 is 2.50 bits per heavy atom. The normalized spacial score (nSPS) is 10.9. The molecule has 0 fully saturated rings. The lowest BCUT2D eigenvalue weighted by molar-refractivity contribution is 0.0950. The van der Waals surface area contributed by atoms with E-state index in [0.717, 1.165) is 23.4 Å². The van der Waals surface area contributed by atoms with Crippen molar-refractivity contribution in [2.45, 2.75) is 13.5 Å². The van der Waals surface area contributed by atoms with Crippen molar-refractivity contribution >= 4 is 5.91 Å². The van der Waals surface area contributed by atoms with E-state index < -0.39 is 0 Å². The number of hydrogen-bond donors (Lipinski definition) is 1. The fourth-order valence-electron chi connectivity index (χ4n) is 2.75. The number of carbonyl (C=O) groups is 1. The molecule has 0 spiro atoms. The number of rotatable bonds is 8. The van der Waals surface area contributed by atoms with Crippen molar-refractivity contribution in [2.75, 3.05) is 27.2 Å². The topological polar surface area (TPSA) is 67.6 Å². The standard InChI is InChI=1S/C22H25N3O3/c1-16-20(21(24-28-16)18-7-5-4-6-8-18)22(26)23-15-17-9-11-19(12-10-17)27-14-13-25(2)3/h4-12H,13-15H2,1-3H3,(H,23,26). The molecule has 0 aliphatic heterocycles. The SMILES string of the molecule is Cc1onc(-c2ccccc2)c1C(=O)NCc1ccc(OCCN(C)C)cc1. The summed E-state index contributed by atoms with van der Waals surface area (Å²) >= 11 is 0. The number of ether oxygens (including phenoxy) is 1. The van der Waals surface area contributed by atoms with Gasteiger partial charge in [-0.2, -0.15) is 0 Å². The van der Waals surface area contributed by atoms with Crippen LogP contribution < -0.4 is 10.1 Å². The van der Waals surface area contributed by atoms with Crippen LogP contribution in [0.3, 0.4) is 0 Å². The lowest BCUT2D eigenvalue weighted by Crippen LogP contribution is -2.23. The van der Waals surface area contributed by atoms with E-state index in [1.807, 2.05) is 68.7 Å². The third-order valence-electron chi connectivity index (χ3n) is 4.32. The first-order valence-electron chi connectivity index (χ1n) is 9.21. The second-order valence-electron chi connectivity index (χ2n) is 6.81. The quantitative estimate of drug-likeness (QED) is 0.649. The van der Waals surface area contributed by atoms with Crippen LogP contribution in [0.1, 0.15) is 21.7 Å². The molecule has 0 atom stereocenters. The zero-order valence-electron chi connectivity index (χ0n) is 16.4. The van der Waals surface area contributed by atoms with E-state index in [2.05, 4.69) is 15.4 Å². The summed E-state index contributed by atoms with van der Waals surface area (Å²) in [4.78, 5) is 14.8. The Morgan fingerprint density at radius 1 is 1.11 bits per heavy atom. The summed E-state index contributed by atoms with van der Waals surface area (Å²) in [7, 11) is 4.02. The Bertz CT molecular complexity index is 903. The second kappa shape index (κ2) is 9.19. The first-order valence-corrected chi connectivity index (χ1v) is 9.21. The van der Waals surface area contributed by atoms with Gasteiger partial charge in [-0.15, -0.1) is 0 Å². The number of aryl methyl sites for hydroxylation is 1. The van der Waals surface area contributed by atoms with Crippen LogP contribution in [0, 0.1) is 6.92 Å². The first-order chi connectivity index (χ1) is 13.5. The summed E-state index contributed by atoms with van der Waals surface area (Å²) < 4.78 is 10.9. The largest absolute Gasteiger partial charge is 0.492 e. The van der Waals surface area contributed by atoms with Gasteiger partial charge in [-0.05, 0) is 38.7 Å². The number of benzene rings is 2. The predicted octanol–water partition coefficient (Wildman–Crippen LogP) is 3.52. The Kier molecular flexibility index (Phi) is 6.45. The first kappa shape index (κ1) is 19.6. The smallest absolute Gasteiger partial charge is 0.257 e. The lowest BCUT2D eigenvalue weighted by atomic mass is 10.1. The molecular formula is C22H25N3O3. The molecule has 0 unspecified atom stereocenters. The van der Waals surface area contributed by atoms with Crippen LogP contribution in [0.25, 0.3) is 11.3 Å². The van der Waals surface area contributed by atoms with Crippen LogP contribution in [0.2, 0.25) is 0 Å². The molecule has 0 aliphatic carbocycles. The van der Waals surface area contributed by atoms with Crippen molar-refractivity contribution in [3.63, 3.8) is 0 Å². The van der Waals surface area contributed by atoms with Crippen LogP contribution in [-0.4, -0.2) is 43.2 Å². The molecule has 1 N–H and O–H groups in total. The number of likely N-dealkylation sites (N-methyl/N-ethyl adjacent to an activating group) is 1. The van der Waals surface area contributed by atoms with Crippen molar-refractivity contribution in [1.29, 1.82) is 0 Å². The molecule has 0 bridgehead atoms. The number of nitrogens with zero attached hydrogens (tertiary/aromatic N) is 2. The van der Waals surface area contributed by atoms with E-state index in [4.69, 9.17) is 9.26 Å². The zero-order chi connectivity index (χ0) is 19.9. The molecule has 0 saturated heterocycles. The maximum atomic E-state index is 12.7. The van der Waals surface area contributed by atoms with E-state index >= 15 is 0 Å². The average molecular weight is 379 g/mol. The van der Waals surface area contributed by atoms with Crippen LogP contribution in [0.4, 0.5) is 0 Å². The molecule has 0 saturated carbocycles. The van der Waals surface area contributed by atoms with Gasteiger partial charge in [0, 0.05) is 18.7 Å². The highest BCUT2D eigenvalue weighted by Gasteiger charge is 2.21. The van der Waals surface area contributed by atoms with Gasteiger partial charge in [-0.1, -0.05) is 47.6 Å². The van der Waals surface area contributed by atoms with Gasteiger partial charge in [0.1, 0.15) is 29.4 Å². The van der Waals surface area contributed by atoms with E-state index in [-0.39, 0.29) is 5.91 Å². The average Bonchev–Trinajstić information content (AvgIpc) is 3.09. The fraction of sp³-hybridized carbons (Fsp3) is 0.273. The molecule has 0 radical (unpaired) electrons. The maximum absolute atomic E-state index is 12.7. The number of amides is 1. The van der Waals surface area contributed by atoms with Gasteiger partial charge >= 0.3 is 0 Å². The van der Waals surface area contributed by atoms with Gasteiger partial charge < -0.3 is 19.5 Å². The van der Waals surface area contributed by atoms with Crippen molar-refractivity contribution < 1.29 is 14.1 Å². The van der Waals surface area contributed by atoms with Gasteiger partial charge in [0.25, 0.3) is 5.91 Å². The van der Waals surface area contributed by atoms with Gasteiger partial charge in [0.2, 0.25) is 0 Å². The Labute approximate surface area is 165 Å². The van der Waals surface area contributed by atoms with Gasteiger partial charge in [0.05, 0.1) is 0 Å². The lowest BCUT2D eigenvalue weighted by Gasteiger charge is -2.11. The van der Waals surface area contributed by atoms with E-state index in [9.17, 15) is 4.79 Å². The minimum atomic E-state index is -0.205. The third-order valence-corrected chi connectivity index (χ3v) is 4.32. The highest BCUT2D eigenvalue weighted by Crippen LogP contribution is 2.25. The summed E-state index contributed by atoms with van der Waals surface area (Å²) in [5, 5.41) is 7.00. The summed E-state index contributed by atoms with van der Waals surface area (Å²) in [5.74, 6) is 1.11. The molecule has 1 aromatic heterocycles. The maximum Gasteiger partial charge on any atom is 0.257 e. The molecule has 1 amide bonds. The van der Waals surface area contributed by atoms with Crippen LogP contribution in [0.5, 0.6) is 5.75 Å². The molecular weight excluding hydrogens is 354 g/mol. The molecule has 2 aromatic carbocycles. The molecule has 6 heteroatoms. The van der Waals surface area contributed by atoms with E-state index in [1.54, 1.807) is 6.92 Å². The predicted molar refractivity (Wildman–Crippen MR) is 108 cm³/mol. The number of carbonyl (C=O) groups excluding carboxylic acids is 1. The Hall–Kier alpha value is -3.12. The second-order valence-corrected chi connectivity index (χ2v) is 6.81. The number of aromatic nitrogens is 1. The number of nitrogens with one attached hydrogen (secondary N) is 1. The van der Waals surface area contributed by atoms with Crippen molar-refractivity contribution in [3.8, 4) is 17.0 Å².